The van der Waals surface area contributed by atoms with Crippen molar-refractivity contribution in [2.24, 2.45) is 0 Å². The van der Waals surface area contributed by atoms with Crippen LogP contribution in [0.15, 0.2) is 22.3 Å². The molecule has 0 saturated heterocycles. The Bertz CT molecular complexity index is 517. The first-order valence-corrected chi connectivity index (χ1v) is 6.88. The molecule has 0 fully saturated rings. The Kier molecular flexibility index (Phi) is 3.81. The first kappa shape index (κ1) is 11.9. The summed E-state index contributed by atoms with van der Waals surface area (Å²) in [6, 6.07) is 4.15. The SMILES string of the molecule is CC(NCc1csc(=O)[nH]1)c1ccc(Cl)s1. The zero-order chi connectivity index (χ0) is 11.5. The van der Waals surface area contributed by atoms with Crippen LogP contribution in [0.25, 0.3) is 0 Å². The molecule has 6 heteroatoms. The van der Waals surface area contributed by atoms with Crippen molar-refractivity contribution in [3.63, 3.8) is 0 Å². The first-order chi connectivity index (χ1) is 7.65. The minimum Gasteiger partial charge on any atom is -0.315 e. The lowest BCUT2D eigenvalue weighted by atomic mass is 10.2. The second-order valence-electron chi connectivity index (χ2n) is 3.42. The summed E-state index contributed by atoms with van der Waals surface area (Å²) in [4.78, 5) is 14.9. The lowest BCUT2D eigenvalue weighted by Gasteiger charge is -2.10. The molecule has 0 bridgehead atoms. The van der Waals surface area contributed by atoms with Gasteiger partial charge in [-0.15, -0.1) is 11.3 Å². The van der Waals surface area contributed by atoms with E-state index in [1.54, 1.807) is 11.3 Å². The van der Waals surface area contributed by atoms with Crippen LogP contribution in [0.5, 0.6) is 0 Å². The van der Waals surface area contributed by atoms with Crippen LogP contribution in [-0.4, -0.2) is 4.98 Å². The fraction of sp³-hybridized carbons (Fsp3) is 0.300. The van der Waals surface area contributed by atoms with Gasteiger partial charge in [0.05, 0.1) is 4.34 Å². The van der Waals surface area contributed by atoms with E-state index < -0.39 is 0 Å². The number of H-pyrrole nitrogens is 1. The third-order valence-electron chi connectivity index (χ3n) is 2.19. The van der Waals surface area contributed by atoms with Gasteiger partial charge in [0, 0.05) is 28.5 Å². The Balaban J connectivity index is 1.93. The zero-order valence-corrected chi connectivity index (χ0v) is 11.0. The third-order valence-corrected chi connectivity index (χ3v) is 4.32. The standard InChI is InChI=1S/C10H11ClN2OS2/c1-6(8-2-3-9(11)16-8)12-4-7-5-15-10(14)13-7/h2-3,5-6,12H,4H2,1H3,(H,13,14). The summed E-state index contributed by atoms with van der Waals surface area (Å²) >= 11 is 8.63. The second kappa shape index (κ2) is 5.14. The molecule has 0 spiro atoms. The molecule has 2 aromatic rings. The van der Waals surface area contributed by atoms with E-state index in [-0.39, 0.29) is 10.9 Å². The first-order valence-electron chi connectivity index (χ1n) is 4.80. The van der Waals surface area contributed by atoms with Gasteiger partial charge in [-0.25, -0.2) is 0 Å². The molecule has 0 radical (unpaired) electrons. The summed E-state index contributed by atoms with van der Waals surface area (Å²) in [5, 5.41) is 5.17. The maximum atomic E-state index is 10.9. The molecule has 0 amide bonds. The van der Waals surface area contributed by atoms with Gasteiger partial charge in [0.15, 0.2) is 0 Å². The minimum absolute atomic E-state index is 0.0105. The van der Waals surface area contributed by atoms with Crippen molar-refractivity contribution in [2.45, 2.75) is 19.5 Å². The van der Waals surface area contributed by atoms with Gasteiger partial charge in [-0.1, -0.05) is 22.9 Å². The monoisotopic (exact) mass is 274 g/mol. The van der Waals surface area contributed by atoms with E-state index in [0.717, 1.165) is 10.0 Å². The number of thiophene rings is 1. The quantitative estimate of drug-likeness (QED) is 0.900. The number of hydrogen-bond acceptors (Lipinski definition) is 4. The van der Waals surface area contributed by atoms with E-state index in [2.05, 4.69) is 17.2 Å². The van der Waals surface area contributed by atoms with E-state index in [1.807, 2.05) is 17.5 Å². The van der Waals surface area contributed by atoms with E-state index in [1.165, 1.54) is 16.2 Å². The lowest BCUT2D eigenvalue weighted by Crippen LogP contribution is -2.17. The summed E-state index contributed by atoms with van der Waals surface area (Å²) in [5.74, 6) is 0. The van der Waals surface area contributed by atoms with Crippen molar-refractivity contribution in [3.05, 3.63) is 42.1 Å². The van der Waals surface area contributed by atoms with Crippen LogP contribution in [0.3, 0.4) is 0 Å². The molecule has 0 aliphatic carbocycles. The third kappa shape index (κ3) is 2.95. The Hall–Kier alpha value is -0.620. The summed E-state index contributed by atoms with van der Waals surface area (Å²) in [5.41, 5.74) is 0.921. The maximum absolute atomic E-state index is 10.9. The van der Waals surface area contributed by atoms with E-state index in [0.29, 0.717) is 6.54 Å². The van der Waals surface area contributed by atoms with Crippen LogP contribution in [0.4, 0.5) is 0 Å². The van der Waals surface area contributed by atoms with Gasteiger partial charge in [-0.3, -0.25) is 4.79 Å². The maximum Gasteiger partial charge on any atom is 0.304 e. The highest BCUT2D eigenvalue weighted by Crippen LogP contribution is 2.26. The average molecular weight is 275 g/mol. The molecule has 3 nitrogen and oxygen atoms in total. The highest BCUT2D eigenvalue weighted by Gasteiger charge is 2.07. The number of halogens is 1. The molecular formula is C10H11ClN2OS2. The van der Waals surface area contributed by atoms with Crippen LogP contribution in [-0.2, 0) is 6.54 Å². The highest BCUT2D eigenvalue weighted by atomic mass is 35.5. The molecule has 2 rings (SSSR count). The molecule has 16 heavy (non-hydrogen) atoms. The van der Waals surface area contributed by atoms with Gasteiger partial charge in [0.1, 0.15) is 0 Å². The van der Waals surface area contributed by atoms with Crippen molar-refractivity contribution >= 4 is 34.3 Å². The molecule has 2 N–H and O–H groups in total. The molecule has 86 valence electrons. The predicted molar refractivity (Wildman–Crippen MR) is 69.5 cm³/mol. The van der Waals surface area contributed by atoms with Gasteiger partial charge in [-0.2, -0.15) is 0 Å². The normalized spacial score (nSPS) is 12.9. The average Bonchev–Trinajstić information content (AvgIpc) is 2.84. The van der Waals surface area contributed by atoms with Crippen molar-refractivity contribution in [3.8, 4) is 0 Å². The Morgan fingerprint density at radius 2 is 2.38 bits per heavy atom. The van der Waals surface area contributed by atoms with Crippen molar-refractivity contribution in [2.75, 3.05) is 0 Å². The molecule has 0 saturated carbocycles. The summed E-state index contributed by atoms with van der Waals surface area (Å²) in [6.45, 7) is 2.74. The van der Waals surface area contributed by atoms with Crippen molar-refractivity contribution in [1.82, 2.24) is 10.3 Å². The molecule has 1 atom stereocenters. The zero-order valence-electron chi connectivity index (χ0n) is 8.62. The number of aromatic nitrogens is 1. The molecule has 0 aliphatic rings. The molecular weight excluding hydrogens is 264 g/mol. The number of aromatic amines is 1. The fourth-order valence-electron chi connectivity index (χ4n) is 1.33. The van der Waals surface area contributed by atoms with Crippen LogP contribution in [0, 0.1) is 0 Å². The van der Waals surface area contributed by atoms with Gasteiger partial charge >= 0.3 is 4.87 Å². The van der Waals surface area contributed by atoms with Gasteiger partial charge in [0.2, 0.25) is 0 Å². The predicted octanol–water partition coefficient (Wildman–Crippen LogP) is 3.00. The summed E-state index contributed by atoms with van der Waals surface area (Å²) in [7, 11) is 0. The van der Waals surface area contributed by atoms with Crippen LogP contribution in [0.2, 0.25) is 4.34 Å². The topological polar surface area (TPSA) is 44.9 Å². The number of rotatable bonds is 4. The molecule has 2 heterocycles. The van der Waals surface area contributed by atoms with Crippen LogP contribution >= 0.6 is 34.3 Å². The highest BCUT2D eigenvalue weighted by molar-refractivity contribution is 7.16. The summed E-state index contributed by atoms with van der Waals surface area (Å²) < 4.78 is 0.799. The van der Waals surface area contributed by atoms with Gasteiger partial charge in [0.25, 0.3) is 0 Å². The number of nitrogens with one attached hydrogen (secondary N) is 2. The number of hydrogen-bond donors (Lipinski definition) is 2. The lowest BCUT2D eigenvalue weighted by molar-refractivity contribution is 0.576. The van der Waals surface area contributed by atoms with Crippen LogP contribution in [0.1, 0.15) is 23.5 Å². The van der Waals surface area contributed by atoms with Gasteiger partial charge in [-0.05, 0) is 19.1 Å². The number of thiazole rings is 1. The van der Waals surface area contributed by atoms with Crippen molar-refractivity contribution in [1.29, 1.82) is 0 Å². The molecule has 0 aliphatic heterocycles. The second-order valence-corrected chi connectivity index (χ2v) is 6.01. The Morgan fingerprint density at radius 1 is 1.56 bits per heavy atom. The van der Waals surface area contributed by atoms with Gasteiger partial charge < -0.3 is 10.3 Å². The Morgan fingerprint density at radius 3 is 2.94 bits per heavy atom. The Labute approximate surface area is 106 Å². The largest absolute Gasteiger partial charge is 0.315 e. The summed E-state index contributed by atoms with van der Waals surface area (Å²) in [6.07, 6.45) is 0. The van der Waals surface area contributed by atoms with Crippen molar-refractivity contribution < 1.29 is 0 Å². The molecule has 1 unspecified atom stereocenters. The fourth-order valence-corrected chi connectivity index (χ4v) is 2.99. The van der Waals surface area contributed by atoms with Crippen LogP contribution < -0.4 is 10.2 Å². The van der Waals surface area contributed by atoms with E-state index in [4.69, 9.17) is 11.6 Å². The smallest absolute Gasteiger partial charge is 0.304 e. The molecule has 2 aromatic heterocycles. The van der Waals surface area contributed by atoms with E-state index >= 15 is 0 Å². The minimum atomic E-state index is -0.0105. The molecule has 0 aromatic carbocycles. The van der Waals surface area contributed by atoms with E-state index in [9.17, 15) is 4.79 Å².